The summed E-state index contributed by atoms with van der Waals surface area (Å²) in [6.45, 7) is 3.48. The Hall–Kier alpha value is -3.93. The highest BCUT2D eigenvalue weighted by Gasteiger charge is 2.34. The van der Waals surface area contributed by atoms with Gasteiger partial charge in [-0.05, 0) is 80.3 Å². The van der Waals surface area contributed by atoms with Crippen LogP contribution in [0.2, 0.25) is 0 Å². The molecule has 1 saturated heterocycles. The molecule has 3 aromatic rings. The lowest BCUT2D eigenvalue weighted by atomic mass is 9.88. The molecule has 1 aliphatic heterocycles. The van der Waals surface area contributed by atoms with Gasteiger partial charge in [-0.3, -0.25) is 9.78 Å². The molecule has 0 aliphatic carbocycles. The molecule has 0 amide bonds. The topological polar surface area (TPSA) is 77.5 Å². The normalized spacial score (nSPS) is 17.1. The Morgan fingerprint density at radius 1 is 0.857 bits per heavy atom. The first kappa shape index (κ1) is 32.6. The summed E-state index contributed by atoms with van der Waals surface area (Å²) < 4.78 is 85.8. The first-order valence-electron chi connectivity index (χ1n) is 12.9. The molecule has 2 aromatic carbocycles. The van der Waals surface area contributed by atoms with E-state index >= 15 is 0 Å². The fourth-order valence-electron chi connectivity index (χ4n) is 4.75. The molecule has 2 atom stereocenters. The highest BCUT2D eigenvalue weighted by atomic mass is 19.4. The van der Waals surface area contributed by atoms with Crippen LogP contribution in [0.25, 0.3) is 11.3 Å². The third-order valence-corrected chi connectivity index (χ3v) is 6.91. The summed E-state index contributed by atoms with van der Waals surface area (Å²) in [5, 5.41) is 3.24. The number of carbonyl (C=O) groups excluding carboxylic acids is 2. The van der Waals surface area contributed by atoms with E-state index in [4.69, 9.17) is 4.74 Å². The molecule has 2 heterocycles. The number of esters is 2. The van der Waals surface area contributed by atoms with Crippen LogP contribution in [0.5, 0.6) is 0 Å². The third-order valence-electron chi connectivity index (χ3n) is 6.91. The first-order chi connectivity index (χ1) is 19.6. The van der Waals surface area contributed by atoms with Gasteiger partial charge in [-0.25, -0.2) is 4.79 Å². The van der Waals surface area contributed by atoms with Crippen molar-refractivity contribution in [1.82, 2.24) is 10.3 Å². The second-order valence-corrected chi connectivity index (χ2v) is 9.77. The van der Waals surface area contributed by atoms with Crippen LogP contribution in [-0.2, 0) is 26.6 Å². The highest BCUT2D eigenvalue weighted by molar-refractivity contribution is 5.90. The maximum atomic E-state index is 12.8. The fourth-order valence-corrected chi connectivity index (χ4v) is 4.75. The van der Waals surface area contributed by atoms with Gasteiger partial charge < -0.3 is 14.8 Å². The number of pyridine rings is 1. The zero-order chi connectivity index (χ0) is 31.2. The van der Waals surface area contributed by atoms with E-state index in [0.29, 0.717) is 36.2 Å². The van der Waals surface area contributed by atoms with Crippen molar-refractivity contribution in [2.24, 2.45) is 5.92 Å². The SMILES string of the molecule is COC(=O)C1CCNC(c2ccc(C(F)(F)F)c(C)c2)C1.COC(=O)c1ccnc(-c2ccc(C(F)(F)F)c(C)c2)c1. The zero-order valence-corrected chi connectivity index (χ0v) is 23.3. The Morgan fingerprint density at radius 2 is 1.48 bits per heavy atom. The Morgan fingerprint density at radius 3 is 2.02 bits per heavy atom. The number of halogens is 6. The molecule has 226 valence electrons. The molecule has 1 aliphatic rings. The van der Waals surface area contributed by atoms with Crippen molar-refractivity contribution >= 4 is 11.9 Å². The van der Waals surface area contributed by atoms with Crippen molar-refractivity contribution in [3.63, 3.8) is 0 Å². The Labute approximate surface area is 239 Å². The van der Waals surface area contributed by atoms with E-state index in [1.807, 2.05) is 0 Å². The second kappa shape index (κ2) is 13.4. The Bertz CT molecular complexity index is 1420. The van der Waals surface area contributed by atoms with Gasteiger partial charge >= 0.3 is 24.3 Å². The summed E-state index contributed by atoms with van der Waals surface area (Å²) in [4.78, 5) is 27.1. The molecule has 12 heteroatoms. The van der Waals surface area contributed by atoms with Gasteiger partial charge in [0.05, 0.1) is 42.5 Å². The average Bonchev–Trinajstić information content (AvgIpc) is 2.95. The zero-order valence-electron chi connectivity index (χ0n) is 23.3. The van der Waals surface area contributed by atoms with Crippen LogP contribution >= 0.6 is 0 Å². The molecule has 1 fully saturated rings. The number of aromatic nitrogens is 1. The number of carbonyl (C=O) groups is 2. The summed E-state index contributed by atoms with van der Waals surface area (Å²) in [5.74, 6) is -0.990. The predicted molar refractivity (Wildman–Crippen MR) is 142 cm³/mol. The molecule has 1 aromatic heterocycles. The standard InChI is InChI=1S/C15H18F3NO2.C15H12F3NO2/c2*1-9-7-10(3-4-12(9)15(16,17)18)13-8-11(5-6-19-13)14(20)21-2/h3-4,7,11,13,19H,5-6,8H2,1-2H3;3-8H,1-2H3. The number of benzene rings is 2. The molecule has 1 N–H and O–H groups in total. The van der Waals surface area contributed by atoms with Crippen LogP contribution in [0, 0.1) is 19.8 Å². The van der Waals surface area contributed by atoms with Gasteiger partial charge in [0, 0.05) is 17.8 Å². The van der Waals surface area contributed by atoms with Crippen molar-refractivity contribution in [2.75, 3.05) is 20.8 Å². The summed E-state index contributed by atoms with van der Waals surface area (Å²) in [6.07, 6.45) is -6.09. The molecule has 0 bridgehead atoms. The molecule has 0 radical (unpaired) electrons. The number of hydrogen-bond acceptors (Lipinski definition) is 6. The minimum absolute atomic E-state index is 0.102. The second-order valence-electron chi connectivity index (χ2n) is 9.77. The van der Waals surface area contributed by atoms with E-state index in [1.54, 1.807) is 6.07 Å². The maximum absolute atomic E-state index is 12.8. The summed E-state index contributed by atoms with van der Waals surface area (Å²) in [5.41, 5.74) is 0.976. The van der Waals surface area contributed by atoms with E-state index in [2.05, 4.69) is 15.0 Å². The highest BCUT2D eigenvalue weighted by Crippen LogP contribution is 2.35. The monoisotopic (exact) mass is 596 g/mol. The molecular formula is C30H30F6N2O4. The number of hydrogen-bond donors (Lipinski definition) is 1. The van der Waals surface area contributed by atoms with E-state index in [9.17, 15) is 35.9 Å². The first-order valence-corrected chi connectivity index (χ1v) is 12.9. The van der Waals surface area contributed by atoms with Crippen LogP contribution in [0.3, 0.4) is 0 Å². The molecule has 2 unspecified atom stereocenters. The number of methoxy groups -OCH3 is 2. The lowest BCUT2D eigenvalue weighted by molar-refractivity contribution is -0.146. The van der Waals surface area contributed by atoms with E-state index in [0.717, 1.165) is 17.7 Å². The van der Waals surface area contributed by atoms with Crippen molar-refractivity contribution in [1.29, 1.82) is 0 Å². The minimum atomic E-state index is -4.39. The van der Waals surface area contributed by atoms with Gasteiger partial charge in [-0.2, -0.15) is 26.3 Å². The van der Waals surface area contributed by atoms with Crippen LogP contribution in [0.4, 0.5) is 26.3 Å². The average molecular weight is 597 g/mol. The Balaban J connectivity index is 0.000000230. The number of alkyl halides is 6. The van der Waals surface area contributed by atoms with Gasteiger partial charge in [-0.15, -0.1) is 0 Å². The fraction of sp³-hybridized carbons (Fsp3) is 0.367. The molecule has 6 nitrogen and oxygen atoms in total. The molecule has 0 saturated carbocycles. The van der Waals surface area contributed by atoms with Crippen LogP contribution < -0.4 is 5.32 Å². The lowest BCUT2D eigenvalue weighted by Crippen LogP contribution is -2.35. The summed E-state index contributed by atoms with van der Waals surface area (Å²) >= 11 is 0. The van der Waals surface area contributed by atoms with Crippen molar-refractivity contribution in [2.45, 2.75) is 45.1 Å². The van der Waals surface area contributed by atoms with Gasteiger partial charge in [-0.1, -0.05) is 18.2 Å². The van der Waals surface area contributed by atoms with Gasteiger partial charge in [0.1, 0.15) is 0 Å². The Kier molecular flexibility index (Phi) is 10.4. The van der Waals surface area contributed by atoms with Crippen molar-refractivity contribution in [3.05, 3.63) is 88.1 Å². The molecular weight excluding hydrogens is 566 g/mol. The molecule has 42 heavy (non-hydrogen) atoms. The summed E-state index contributed by atoms with van der Waals surface area (Å²) in [7, 11) is 2.60. The third kappa shape index (κ3) is 8.09. The summed E-state index contributed by atoms with van der Waals surface area (Å²) in [6, 6.07) is 10.7. The number of nitrogens with zero attached hydrogens (tertiary/aromatic N) is 1. The van der Waals surface area contributed by atoms with Crippen LogP contribution in [-0.4, -0.2) is 37.7 Å². The number of nitrogens with one attached hydrogen (secondary N) is 1. The van der Waals surface area contributed by atoms with E-state index < -0.39 is 29.4 Å². The van der Waals surface area contributed by atoms with Crippen molar-refractivity contribution < 1.29 is 45.4 Å². The van der Waals surface area contributed by atoms with E-state index in [-0.39, 0.29) is 29.1 Å². The van der Waals surface area contributed by atoms with Crippen LogP contribution in [0.1, 0.15) is 57.1 Å². The molecule has 4 rings (SSSR count). The largest absolute Gasteiger partial charge is 0.469 e. The number of rotatable bonds is 4. The number of ether oxygens (including phenoxy) is 2. The van der Waals surface area contributed by atoms with Crippen LogP contribution in [0.15, 0.2) is 54.7 Å². The minimum Gasteiger partial charge on any atom is -0.469 e. The number of aryl methyl sites for hydroxylation is 2. The lowest BCUT2D eigenvalue weighted by Gasteiger charge is -2.29. The van der Waals surface area contributed by atoms with Gasteiger partial charge in [0.2, 0.25) is 0 Å². The predicted octanol–water partition coefficient (Wildman–Crippen LogP) is 7.09. The molecule has 0 spiro atoms. The quantitative estimate of drug-likeness (QED) is 0.256. The smallest absolute Gasteiger partial charge is 0.416 e. The van der Waals surface area contributed by atoms with Gasteiger partial charge in [0.25, 0.3) is 0 Å². The van der Waals surface area contributed by atoms with E-state index in [1.165, 1.54) is 64.6 Å². The maximum Gasteiger partial charge on any atom is 0.416 e. The van der Waals surface area contributed by atoms with Gasteiger partial charge in [0.15, 0.2) is 0 Å². The number of piperidine rings is 1. The van der Waals surface area contributed by atoms with Crippen molar-refractivity contribution in [3.8, 4) is 11.3 Å².